The Bertz CT molecular complexity index is 5850. The number of alkyl halides is 27. The van der Waals surface area contributed by atoms with Crippen molar-refractivity contribution < 1.29 is 142 Å². The molecule has 0 spiro atoms. The number of rotatable bonds is 7. The number of anilines is 5. The minimum absolute atomic E-state index is 0.000605. The van der Waals surface area contributed by atoms with E-state index in [9.17, 15) is 143 Å². The number of fused-ring (bicyclic) bond motifs is 10. The summed E-state index contributed by atoms with van der Waals surface area (Å²) in [6.45, 7) is 4.35. The van der Waals surface area contributed by atoms with Crippen LogP contribution in [0.4, 0.5) is 147 Å². The van der Waals surface area contributed by atoms with Crippen molar-refractivity contribution in [3.63, 3.8) is 0 Å². The lowest BCUT2D eigenvalue weighted by Gasteiger charge is -2.39. The van der Waals surface area contributed by atoms with Crippen LogP contribution >= 0.6 is 0 Å². The van der Waals surface area contributed by atoms with E-state index in [0.29, 0.717) is 96.9 Å². The number of ether oxygens (including phenoxy) is 5. The van der Waals surface area contributed by atoms with Crippen LogP contribution in [0, 0.1) is 5.92 Å². The molecule has 5 aromatic heterocycles. The first-order valence-electron chi connectivity index (χ1n) is 37.0. The maximum Gasteiger partial charge on any atom is 0.417 e. The van der Waals surface area contributed by atoms with Gasteiger partial charge < -0.3 is 73.5 Å². The number of nitrogens with zero attached hydrogens (tertiary/aromatic N) is 4. The molecule has 6 aliphatic rings. The SMILES string of the molecule is CC1COc2cc3[nH]c(=O)cc(C(F)(F)F)c3cc2N1CC1CC1.CCC1COc2cc3[nH]c(=O)cc(C(F)(F)F)c3cc2N1.CCC1COc2cc3[nH]c(=O)cc(C(F)(F)F)c3cc2N1CC.O=c1cc(C(F)(F)F)c2cc3c(cc2[nH]1)OCC(C(F)(F)F)N3CC(F)(F)F.O=c1cc(C(F)(F)F)c2cc3c(cc2[nH]1)OCC(C(F)(F)F)N3CC(F)(F)F. The van der Waals surface area contributed by atoms with E-state index in [0.717, 1.165) is 44.4 Å². The van der Waals surface area contributed by atoms with Crippen LogP contribution in [-0.2, 0) is 30.9 Å². The van der Waals surface area contributed by atoms with Gasteiger partial charge >= 0.3 is 55.6 Å². The van der Waals surface area contributed by atoms with Crippen molar-refractivity contribution in [2.75, 3.05) is 84.1 Å². The summed E-state index contributed by atoms with van der Waals surface area (Å²) in [5.74, 6) is 1.06. The Labute approximate surface area is 676 Å². The number of aromatic amines is 5. The highest BCUT2D eigenvalue weighted by atomic mass is 19.4. The van der Waals surface area contributed by atoms with E-state index >= 15 is 0 Å². The van der Waals surface area contributed by atoms with Crippen molar-refractivity contribution in [2.24, 2.45) is 5.92 Å². The summed E-state index contributed by atoms with van der Waals surface area (Å²) in [5, 5.41) is 1.56. The van der Waals surface area contributed by atoms with Gasteiger partial charge in [0.2, 0.25) is 27.8 Å². The zero-order valence-electron chi connectivity index (χ0n) is 63.9. The first-order chi connectivity index (χ1) is 57.4. The number of halogens is 27. The molecule has 6 N–H and O–H groups in total. The van der Waals surface area contributed by atoms with Crippen LogP contribution < -0.4 is 76.4 Å². The minimum Gasteiger partial charge on any atom is -0.489 e. The highest BCUT2D eigenvalue weighted by Crippen LogP contribution is 2.50. The van der Waals surface area contributed by atoms with E-state index in [1.807, 2.05) is 32.6 Å². The number of likely N-dealkylation sites (N-methyl/N-ethyl adjacent to an activating group) is 1. The predicted octanol–water partition coefficient (Wildman–Crippen LogP) is 18.7. The molecule has 10 heterocycles. The summed E-state index contributed by atoms with van der Waals surface area (Å²) in [6, 6.07) is 8.35. The van der Waals surface area contributed by atoms with Gasteiger partial charge in [-0.25, -0.2) is 0 Å². The lowest BCUT2D eigenvalue weighted by molar-refractivity contribution is -0.168. The zero-order chi connectivity index (χ0) is 91.2. The maximum atomic E-state index is 13.3. The highest BCUT2D eigenvalue weighted by Gasteiger charge is 2.53. The van der Waals surface area contributed by atoms with Crippen molar-refractivity contribution in [3.8, 4) is 28.7 Å². The first kappa shape index (κ1) is 91.5. The van der Waals surface area contributed by atoms with Crippen LogP contribution in [0.25, 0.3) is 54.5 Å². The molecule has 16 rings (SSSR count). The van der Waals surface area contributed by atoms with Gasteiger partial charge in [-0.1, -0.05) is 13.8 Å². The molecule has 10 aromatic rings. The Hall–Kier alpha value is -11.7. The average Bonchev–Trinajstić information content (AvgIpc) is 1.18. The molecule has 672 valence electrons. The number of aromatic nitrogens is 5. The lowest BCUT2D eigenvalue weighted by Crippen LogP contribution is -2.54. The van der Waals surface area contributed by atoms with Crippen LogP contribution in [0.2, 0.25) is 0 Å². The van der Waals surface area contributed by atoms with Gasteiger partial charge in [-0.15, -0.1) is 0 Å². The molecule has 0 radical (unpaired) electrons. The Morgan fingerprint density at radius 2 is 0.629 bits per heavy atom. The molecule has 1 aliphatic carbocycles. The Kier molecular flexibility index (Phi) is 24.6. The highest BCUT2D eigenvalue weighted by molar-refractivity contribution is 5.94. The molecule has 0 bridgehead atoms. The summed E-state index contributed by atoms with van der Waals surface area (Å²) in [5.41, 5.74) is -10.6. The number of hydrogen-bond acceptors (Lipinski definition) is 15. The van der Waals surface area contributed by atoms with Crippen LogP contribution in [-0.4, -0.2) is 139 Å². The van der Waals surface area contributed by atoms with Crippen molar-refractivity contribution >= 4 is 83.0 Å². The van der Waals surface area contributed by atoms with Gasteiger partial charge in [-0.05, 0) is 75.8 Å². The second kappa shape index (κ2) is 33.4. The van der Waals surface area contributed by atoms with E-state index in [1.165, 1.54) is 36.4 Å². The molecular formula is C77H65F27N10O10. The molecule has 5 aliphatic heterocycles. The third kappa shape index (κ3) is 20.4. The standard InChI is InChI=1S/C17H17F3N2O2.C16H17F3N2O2.2C15H9F9N2O2.C14H13F3N2O2/c1-9-8-24-15-6-13-11(4-14(15)22(9)7-10-2-3-10)12(17(18,19)20)5-16(23)21-13;1-3-9-8-23-14-7-12-10(5-13(14)21(9)4-2)11(16(17,18)19)6-15(22)20-12;2*16-13(17,18)5-26-9-1-6-7(14(19,20)21)2-12(27)25-8(6)3-10(9)28-4-11(26)15(22,23)24;1-2-7-6-21-12-5-10-8(3-11(12)18-7)9(14(15,16)17)4-13(20)19-10/h4-6,9-10H,2-3,7-8H2,1H3,(H,21,23);5-7,9H,3-4,8H2,1-2H3,(H,20,22);2*1-3,11H,4-5H2,(H,25,27);3-5,7,18H,2,6H2,1H3,(H,19,20). The van der Waals surface area contributed by atoms with Crippen molar-refractivity contribution in [3.05, 3.63) is 171 Å². The van der Waals surface area contributed by atoms with E-state index in [1.54, 1.807) is 0 Å². The zero-order valence-corrected chi connectivity index (χ0v) is 63.9. The number of H-pyrrole nitrogens is 5. The van der Waals surface area contributed by atoms with E-state index < -0.39 is 194 Å². The van der Waals surface area contributed by atoms with Gasteiger partial charge in [-0.3, -0.25) is 24.0 Å². The van der Waals surface area contributed by atoms with Crippen molar-refractivity contribution in [1.29, 1.82) is 0 Å². The fourth-order valence-corrected chi connectivity index (χ4v) is 14.6. The minimum atomic E-state index is -5.13. The third-order valence-corrected chi connectivity index (χ3v) is 20.5. The number of benzene rings is 5. The third-order valence-electron chi connectivity index (χ3n) is 20.5. The van der Waals surface area contributed by atoms with Crippen LogP contribution in [0.1, 0.15) is 81.2 Å². The molecule has 20 nitrogen and oxygen atoms in total. The summed E-state index contributed by atoms with van der Waals surface area (Å²) < 4.78 is 381. The summed E-state index contributed by atoms with van der Waals surface area (Å²) >= 11 is 0. The molecule has 47 heteroatoms. The Morgan fingerprint density at radius 1 is 0.339 bits per heavy atom. The molecule has 1 saturated carbocycles. The van der Waals surface area contributed by atoms with Gasteiger partial charge in [0.05, 0.1) is 102 Å². The van der Waals surface area contributed by atoms with E-state index in [-0.39, 0.29) is 72.8 Å². The molecule has 5 unspecified atom stereocenters. The molecule has 5 atom stereocenters. The van der Waals surface area contributed by atoms with Crippen LogP contribution in [0.15, 0.2) is 115 Å². The fraction of sp³-hybridized carbons (Fsp3) is 0.416. The molecule has 124 heavy (non-hydrogen) atoms. The Balaban J connectivity index is 0.000000142. The molecule has 0 saturated heterocycles. The normalized spacial score (nSPS) is 18.6. The van der Waals surface area contributed by atoms with E-state index in [2.05, 4.69) is 35.1 Å². The topological polar surface area (TPSA) is 235 Å². The molecule has 1 fully saturated rings. The van der Waals surface area contributed by atoms with E-state index in [4.69, 9.17) is 23.7 Å². The fourth-order valence-electron chi connectivity index (χ4n) is 14.6. The first-order valence-corrected chi connectivity index (χ1v) is 37.0. The summed E-state index contributed by atoms with van der Waals surface area (Å²) in [6.07, 6.45) is -40.3. The summed E-state index contributed by atoms with van der Waals surface area (Å²) in [7, 11) is 0. The smallest absolute Gasteiger partial charge is 0.417 e. The van der Waals surface area contributed by atoms with Gasteiger partial charge in [-0.2, -0.15) is 119 Å². The number of hydrogen-bond donors (Lipinski definition) is 6. The largest absolute Gasteiger partial charge is 0.489 e. The predicted molar refractivity (Wildman–Crippen MR) is 396 cm³/mol. The number of pyridine rings is 5. The van der Waals surface area contributed by atoms with Gasteiger partial charge in [0, 0.05) is 101 Å². The van der Waals surface area contributed by atoms with Gasteiger partial charge in [0.1, 0.15) is 74.9 Å². The average molecular weight is 1800 g/mol. The quantitative estimate of drug-likeness (QED) is 0.0814. The lowest BCUT2D eigenvalue weighted by atomic mass is 10.0. The maximum absolute atomic E-state index is 13.3. The van der Waals surface area contributed by atoms with Crippen molar-refractivity contribution in [2.45, 2.75) is 139 Å². The molecule has 5 aromatic carbocycles. The second-order valence-electron chi connectivity index (χ2n) is 29.3. The van der Waals surface area contributed by atoms with Crippen LogP contribution in [0.3, 0.4) is 0 Å². The van der Waals surface area contributed by atoms with Crippen LogP contribution in [0.5, 0.6) is 28.7 Å². The summed E-state index contributed by atoms with van der Waals surface area (Å²) in [4.78, 5) is 72.9. The van der Waals surface area contributed by atoms with Gasteiger partial charge in [0.25, 0.3) is 0 Å². The number of nitrogens with one attached hydrogen (secondary N) is 6. The van der Waals surface area contributed by atoms with Crippen molar-refractivity contribution in [1.82, 2.24) is 24.9 Å². The molecule has 0 amide bonds. The Morgan fingerprint density at radius 3 is 0.919 bits per heavy atom. The monoisotopic (exact) mass is 1800 g/mol. The molecular weight excluding hydrogens is 1740 g/mol. The van der Waals surface area contributed by atoms with Gasteiger partial charge in [0.15, 0.2) is 12.1 Å². The second-order valence-corrected chi connectivity index (χ2v) is 29.3.